The molecule has 0 atom stereocenters. The molecule has 12 nitrogen and oxygen atoms in total. The van der Waals surface area contributed by atoms with Gasteiger partial charge < -0.3 is 15.4 Å². The second kappa shape index (κ2) is 20.0. The molecule has 0 aliphatic heterocycles. The number of azo groups is 1. The van der Waals surface area contributed by atoms with Crippen molar-refractivity contribution >= 4 is 62.7 Å². The minimum absolute atomic E-state index is 0.0997. The number of rotatable bonds is 18. The van der Waals surface area contributed by atoms with Crippen molar-refractivity contribution in [2.24, 2.45) is 10.2 Å². The van der Waals surface area contributed by atoms with Crippen LogP contribution in [0.3, 0.4) is 0 Å². The van der Waals surface area contributed by atoms with Crippen LogP contribution >= 0.6 is 35.0 Å². The molecular weight excluding hydrogens is 771 g/mol. The van der Waals surface area contributed by atoms with Gasteiger partial charge in [0.15, 0.2) is 5.82 Å². The number of carbonyl (C=O) groups is 2. The number of nitrogens with one attached hydrogen (secondary N) is 2. The molecule has 0 fully saturated rings. The lowest BCUT2D eigenvalue weighted by molar-refractivity contribution is -0.121. The Labute approximate surface area is 327 Å². The quantitative estimate of drug-likeness (QED) is 0.0347. The summed E-state index contributed by atoms with van der Waals surface area (Å²) in [5.74, 6) is 0.732. The van der Waals surface area contributed by atoms with Gasteiger partial charge in [-0.25, -0.2) is 4.98 Å². The highest BCUT2D eigenvalue weighted by Gasteiger charge is 2.15. The first-order valence-corrected chi connectivity index (χ1v) is 19.9. The molecule has 0 radical (unpaired) electrons. The summed E-state index contributed by atoms with van der Waals surface area (Å²) < 4.78 is 38.6. The SMILES string of the molecule is O=C(CCc1nc(CSc2c(Cl)cccc2Cl)ccc1OCCc1ccccc1)NCCNC(=O)c1ccc(N=NCc2ccccc2S(=O)(=O)O)nc1. The second-order valence-electron chi connectivity index (χ2n) is 11.7. The molecule has 16 heteroatoms. The summed E-state index contributed by atoms with van der Waals surface area (Å²) >= 11 is 14.2. The van der Waals surface area contributed by atoms with E-state index in [1.807, 2.05) is 42.5 Å². The lowest BCUT2D eigenvalue weighted by Gasteiger charge is -2.13. The summed E-state index contributed by atoms with van der Waals surface area (Å²) in [6.45, 7) is 0.740. The van der Waals surface area contributed by atoms with Gasteiger partial charge in [0, 0.05) is 49.2 Å². The Kier molecular flexibility index (Phi) is 14.9. The second-order valence-corrected chi connectivity index (χ2v) is 14.9. The predicted octanol–water partition coefficient (Wildman–Crippen LogP) is 7.71. The number of aromatic nitrogens is 2. The monoisotopic (exact) mass is 806 g/mol. The molecule has 0 aliphatic rings. The molecule has 0 aliphatic carbocycles. The van der Waals surface area contributed by atoms with Gasteiger partial charge in [-0.05, 0) is 53.6 Å². The molecule has 3 aromatic carbocycles. The van der Waals surface area contributed by atoms with E-state index in [4.69, 9.17) is 32.9 Å². The Bertz CT molecular complexity index is 2170. The average Bonchev–Trinajstić information content (AvgIpc) is 3.16. The zero-order valence-electron chi connectivity index (χ0n) is 28.8. The smallest absolute Gasteiger partial charge is 0.294 e. The number of benzene rings is 3. The molecule has 3 N–H and O–H groups in total. The van der Waals surface area contributed by atoms with Crippen LogP contribution in [0.5, 0.6) is 5.75 Å². The number of hydrogen-bond donors (Lipinski definition) is 3. The molecule has 5 rings (SSSR count). The highest BCUT2D eigenvalue weighted by atomic mass is 35.5. The fourth-order valence-corrected chi connectivity index (χ4v) is 7.37. The van der Waals surface area contributed by atoms with Crippen LogP contribution in [0.25, 0.3) is 0 Å². The van der Waals surface area contributed by atoms with Crippen molar-refractivity contribution in [3.05, 3.63) is 141 Å². The summed E-state index contributed by atoms with van der Waals surface area (Å²) in [4.78, 5) is 34.9. The van der Waals surface area contributed by atoms with Crippen molar-refractivity contribution in [2.75, 3.05) is 19.7 Å². The maximum absolute atomic E-state index is 12.8. The van der Waals surface area contributed by atoms with E-state index in [2.05, 4.69) is 25.8 Å². The van der Waals surface area contributed by atoms with E-state index in [1.54, 1.807) is 24.3 Å². The predicted molar refractivity (Wildman–Crippen MR) is 208 cm³/mol. The number of nitrogens with zero attached hydrogens (tertiary/aromatic N) is 4. The van der Waals surface area contributed by atoms with Crippen LogP contribution in [0.2, 0.25) is 10.0 Å². The number of aryl methyl sites for hydroxylation is 1. The Morgan fingerprint density at radius 1 is 0.852 bits per heavy atom. The van der Waals surface area contributed by atoms with Gasteiger partial charge in [-0.2, -0.15) is 13.5 Å². The van der Waals surface area contributed by atoms with Crippen LogP contribution in [0.4, 0.5) is 5.82 Å². The average molecular weight is 808 g/mol. The normalized spacial score (nSPS) is 11.4. The molecule has 0 bridgehead atoms. The van der Waals surface area contributed by atoms with E-state index in [1.165, 1.54) is 48.3 Å². The molecule has 0 unspecified atom stereocenters. The van der Waals surface area contributed by atoms with Crippen LogP contribution in [-0.2, 0) is 40.1 Å². The number of ether oxygens (including phenoxy) is 1. The third-order valence-electron chi connectivity index (χ3n) is 7.76. The van der Waals surface area contributed by atoms with Gasteiger partial charge in [-0.15, -0.1) is 16.9 Å². The van der Waals surface area contributed by atoms with Crippen molar-refractivity contribution in [3.63, 3.8) is 0 Å². The summed E-state index contributed by atoms with van der Waals surface area (Å²) in [6, 6.07) is 28.1. The summed E-state index contributed by atoms with van der Waals surface area (Å²) in [7, 11) is -4.40. The van der Waals surface area contributed by atoms with Crippen LogP contribution in [0.1, 0.15) is 39.3 Å². The highest BCUT2D eigenvalue weighted by molar-refractivity contribution is 7.98. The third-order valence-corrected chi connectivity index (χ3v) is 10.7. The van der Waals surface area contributed by atoms with Gasteiger partial charge in [-0.1, -0.05) is 77.8 Å². The minimum atomic E-state index is -4.40. The number of halogens is 2. The Balaban J connectivity index is 1.09. The van der Waals surface area contributed by atoms with E-state index in [9.17, 15) is 22.6 Å². The lowest BCUT2D eigenvalue weighted by Crippen LogP contribution is -2.34. The first-order chi connectivity index (χ1) is 26.1. The number of hydrogen-bond acceptors (Lipinski definition) is 10. The molecular formula is C38H36Cl2N6O6S2. The van der Waals surface area contributed by atoms with Crippen molar-refractivity contribution < 1.29 is 27.3 Å². The van der Waals surface area contributed by atoms with E-state index < -0.39 is 16.0 Å². The topological polar surface area (TPSA) is 172 Å². The minimum Gasteiger partial charge on any atom is -0.491 e. The van der Waals surface area contributed by atoms with Gasteiger partial charge in [0.05, 0.1) is 45.0 Å². The molecule has 2 heterocycles. The van der Waals surface area contributed by atoms with Gasteiger partial charge in [-0.3, -0.25) is 19.1 Å². The summed E-state index contributed by atoms with van der Waals surface area (Å²) in [5, 5.41) is 14.6. The van der Waals surface area contributed by atoms with Crippen molar-refractivity contribution in [1.29, 1.82) is 0 Å². The number of amides is 2. The number of carbonyl (C=O) groups excluding carboxylic acids is 2. The zero-order valence-corrected chi connectivity index (χ0v) is 32.0. The zero-order chi connectivity index (χ0) is 38.3. The molecule has 2 aromatic heterocycles. The van der Waals surface area contributed by atoms with Gasteiger partial charge in [0.2, 0.25) is 5.91 Å². The van der Waals surface area contributed by atoms with Crippen LogP contribution < -0.4 is 15.4 Å². The maximum Gasteiger partial charge on any atom is 0.294 e. The van der Waals surface area contributed by atoms with Crippen molar-refractivity contribution in [3.8, 4) is 5.75 Å². The maximum atomic E-state index is 12.8. The summed E-state index contributed by atoms with van der Waals surface area (Å²) in [5.41, 5.74) is 3.15. The van der Waals surface area contributed by atoms with Crippen molar-refractivity contribution in [2.45, 2.75) is 41.4 Å². The van der Waals surface area contributed by atoms with Crippen LogP contribution in [-0.4, -0.2) is 54.4 Å². The molecule has 0 saturated heterocycles. The number of pyridine rings is 2. The molecule has 2 amide bonds. The highest BCUT2D eigenvalue weighted by Crippen LogP contribution is 2.36. The van der Waals surface area contributed by atoms with E-state index in [0.29, 0.717) is 40.3 Å². The standard InChI is InChI=1S/C38H36Cl2N6O6S2/c39-30-10-6-11-31(40)37(30)53-25-29-14-16-33(52-22-19-26-7-2-1-3-8-26)32(45-29)15-18-36(47)41-20-21-42-38(48)28-13-17-35(43-23-28)46-44-24-27-9-4-5-12-34(27)54(49,50)51/h1-14,16-17,23H,15,18-22,24-25H2,(H,41,47)(H,42,48)(H,49,50,51). The van der Waals surface area contributed by atoms with Crippen LogP contribution in [0.15, 0.2) is 123 Å². The molecule has 0 saturated carbocycles. The molecule has 5 aromatic rings. The van der Waals surface area contributed by atoms with Gasteiger partial charge >= 0.3 is 0 Å². The first-order valence-electron chi connectivity index (χ1n) is 16.7. The van der Waals surface area contributed by atoms with E-state index in [-0.39, 0.29) is 53.8 Å². The van der Waals surface area contributed by atoms with Crippen LogP contribution in [0, 0.1) is 0 Å². The van der Waals surface area contributed by atoms with E-state index in [0.717, 1.165) is 22.6 Å². The van der Waals surface area contributed by atoms with Gasteiger partial charge in [0.1, 0.15) is 5.75 Å². The van der Waals surface area contributed by atoms with Crippen molar-refractivity contribution in [1.82, 2.24) is 20.6 Å². The molecule has 0 spiro atoms. The fourth-order valence-electron chi connectivity index (χ4n) is 5.06. The van der Waals surface area contributed by atoms with E-state index >= 15 is 0 Å². The van der Waals surface area contributed by atoms with Gasteiger partial charge in [0.25, 0.3) is 16.0 Å². The molecule has 280 valence electrons. The summed E-state index contributed by atoms with van der Waals surface area (Å²) in [6.07, 6.45) is 2.55. The Morgan fingerprint density at radius 2 is 1.59 bits per heavy atom. The Morgan fingerprint density at radius 3 is 2.33 bits per heavy atom. The fraction of sp³-hybridized carbons (Fsp3) is 0.211. The third kappa shape index (κ3) is 12.4. The molecule has 54 heavy (non-hydrogen) atoms. The first kappa shape index (κ1) is 40.3. The number of thioether (sulfide) groups is 1. The lowest BCUT2D eigenvalue weighted by atomic mass is 10.1. The largest absolute Gasteiger partial charge is 0.491 e. The Hall–Kier alpha value is -4.86.